The zero-order valence-electron chi connectivity index (χ0n) is 15.7. The molecule has 0 radical (unpaired) electrons. The lowest BCUT2D eigenvalue weighted by Gasteiger charge is -2.30. The number of hydrogen-bond acceptors (Lipinski definition) is 3. The van der Waals surface area contributed by atoms with Crippen LogP contribution < -0.4 is 4.74 Å². The lowest BCUT2D eigenvalue weighted by Crippen LogP contribution is -2.32. The predicted molar refractivity (Wildman–Crippen MR) is 105 cm³/mol. The Hall–Kier alpha value is -2.39. The first-order chi connectivity index (χ1) is 12.7. The third-order valence-electron chi connectivity index (χ3n) is 5.07. The number of carbonyl (C=O) groups excluding carboxylic acids is 1. The summed E-state index contributed by atoms with van der Waals surface area (Å²) in [6.45, 7) is 4.49. The van der Waals surface area contributed by atoms with E-state index in [0.29, 0.717) is 0 Å². The van der Waals surface area contributed by atoms with Gasteiger partial charge in [-0.1, -0.05) is 42.5 Å². The molecule has 3 heteroatoms. The van der Waals surface area contributed by atoms with Gasteiger partial charge in [-0.05, 0) is 60.6 Å². The second kappa shape index (κ2) is 8.81. The summed E-state index contributed by atoms with van der Waals surface area (Å²) in [6.07, 6.45) is 2.75. The maximum Gasteiger partial charge on any atom is 0.155 e. The molecule has 0 aromatic heterocycles. The molecule has 1 aliphatic heterocycles. The highest BCUT2D eigenvalue weighted by atomic mass is 16.5. The Labute approximate surface area is 156 Å². The number of aryl methyl sites for hydroxylation is 1. The van der Waals surface area contributed by atoms with Gasteiger partial charge in [0.25, 0.3) is 0 Å². The molecule has 0 N–H and O–H groups in total. The molecule has 0 fully saturated rings. The van der Waals surface area contributed by atoms with E-state index < -0.39 is 0 Å². The van der Waals surface area contributed by atoms with E-state index in [0.717, 1.165) is 50.2 Å². The number of rotatable bonds is 7. The van der Waals surface area contributed by atoms with Gasteiger partial charge >= 0.3 is 0 Å². The van der Waals surface area contributed by atoms with Gasteiger partial charge in [-0.2, -0.15) is 0 Å². The standard InChI is InChI=1S/C23H27NO2/c1-18(25)23-14-15-24(16-20-6-4-3-5-7-20)17-21(23)11-8-19-9-12-22(26-2)13-10-19/h3-7,9-10,12-13H,8,11,14-17H2,1-2H3. The minimum atomic E-state index is 0.231. The van der Waals surface area contributed by atoms with Gasteiger partial charge in [-0.3, -0.25) is 9.69 Å². The highest BCUT2D eigenvalue weighted by Crippen LogP contribution is 2.25. The van der Waals surface area contributed by atoms with Crippen LogP contribution in [0, 0.1) is 0 Å². The van der Waals surface area contributed by atoms with Gasteiger partial charge in [0.05, 0.1) is 7.11 Å². The van der Waals surface area contributed by atoms with E-state index in [4.69, 9.17) is 4.74 Å². The number of hydrogen-bond donors (Lipinski definition) is 0. The van der Waals surface area contributed by atoms with E-state index in [2.05, 4.69) is 41.3 Å². The zero-order valence-corrected chi connectivity index (χ0v) is 15.7. The van der Waals surface area contributed by atoms with Crippen LogP contribution in [0.3, 0.4) is 0 Å². The molecule has 0 unspecified atom stereocenters. The van der Waals surface area contributed by atoms with E-state index in [-0.39, 0.29) is 5.78 Å². The van der Waals surface area contributed by atoms with Gasteiger partial charge < -0.3 is 4.74 Å². The van der Waals surface area contributed by atoms with Crippen LogP contribution >= 0.6 is 0 Å². The van der Waals surface area contributed by atoms with E-state index in [1.165, 1.54) is 16.7 Å². The molecule has 0 amide bonds. The fourth-order valence-electron chi connectivity index (χ4n) is 3.61. The molecule has 0 bridgehead atoms. The lowest BCUT2D eigenvalue weighted by atomic mass is 9.92. The number of nitrogens with zero attached hydrogens (tertiary/aromatic N) is 1. The topological polar surface area (TPSA) is 29.5 Å². The third kappa shape index (κ3) is 4.83. The molecule has 26 heavy (non-hydrogen) atoms. The van der Waals surface area contributed by atoms with Crippen molar-refractivity contribution in [1.29, 1.82) is 0 Å². The summed E-state index contributed by atoms with van der Waals surface area (Å²) in [5, 5.41) is 0. The fourth-order valence-corrected chi connectivity index (χ4v) is 3.61. The van der Waals surface area contributed by atoms with Crippen molar-refractivity contribution in [3.05, 3.63) is 76.9 Å². The zero-order chi connectivity index (χ0) is 18.4. The van der Waals surface area contributed by atoms with E-state index in [1.54, 1.807) is 14.0 Å². The van der Waals surface area contributed by atoms with Crippen LogP contribution in [0.15, 0.2) is 65.7 Å². The minimum Gasteiger partial charge on any atom is -0.497 e. The maximum atomic E-state index is 12.1. The Morgan fingerprint density at radius 3 is 2.38 bits per heavy atom. The fraction of sp³-hybridized carbons (Fsp3) is 0.348. The summed E-state index contributed by atoms with van der Waals surface area (Å²) in [4.78, 5) is 14.5. The van der Waals surface area contributed by atoms with Gasteiger partial charge in [0.1, 0.15) is 5.75 Å². The van der Waals surface area contributed by atoms with E-state index in [1.807, 2.05) is 18.2 Å². The molecule has 0 aliphatic carbocycles. The van der Waals surface area contributed by atoms with Crippen molar-refractivity contribution < 1.29 is 9.53 Å². The van der Waals surface area contributed by atoms with Crippen molar-refractivity contribution in [3.8, 4) is 5.75 Å². The first kappa shape index (κ1) is 18.4. The van der Waals surface area contributed by atoms with Crippen molar-refractivity contribution >= 4 is 5.78 Å². The van der Waals surface area contributed by atoms with Gasteiger partial charge in [-0.25, -0.2) is 0 Å². The first-order valence-corrected chi connectivity index (χ1v) is 9.26. The first-order valence-electron chi connectivity index (χ1n) is 9.26. The molecule has 1 heterocycles. The Kier molecular flexibility index (Phi) is 6.24. The summed E-state index contributed by atoms with van der Waals surface area (Å²) in [5.74, 6) is 1.11. The molecule has 0 saturated carbocycles. The summed E-state index contributed by atoms with van der Waals surface area (Å²) in [7, 11) is 1.68. The molecule has 0 spiro atoms. The van der Waals surface area contributed by atoms with Crippen molar-refractivity contribution in [2.24, 2.45) is 0 Å². The van der Waals surface area contributed by atoms with Crippen LogP contribution in [0.2, 0.25) is 0 Å². The second-order valence-electron chi connectivity index (χ2n) is 6.93. The Morgan fingerprint density at radius 2 is 1.73 bits per heavy atom. The van der Waals surface area contributed by atoms with Crippen molar-refractivity contribution in [2.45, 2.75) is 32.7 Å². The average Bonchev–Trinajstić information content (AvgIpc) is 2.67. The SMILES string of the molecule is COc1ccc(CCC2=C(C(C)=O)CCN(Cc3ccccc3)C2)cc1. The number of benzene rings is 2. The Bertz CT molecular complexity index is 763. The number of ether oxygens (including phenoxy) is 1. The van der Waals surface area contributed by atoms with Crippen LogP contribution in [0.1, 0.15) is 30.9 Å². The van der Waals surface area contributed by atoms with Crippen molar-refractivity contribution in [3.63, 3.8) is 0 Å². The summed E-state index contributed by atoms with van der Waals surface area (Å²) < 4.78 is 5.22. The van der Waals surface area contributed by atoms with Crippen LogP contribution in [0.5, 0.6) is 5.75 Å². The van der Waals surface area contributed by atoms with E-state index >= 15 is 0 Å². The second-order valence-corrected chi connectivity index (χ2v) is 6.93. The highest BCUT2D eigenvalue weighted by molar-refractivity contribution is 5.94. The number of Topliss-reactive ketones (excluding diaryl/α,β-unsaturated/α-hetero) is 1. The third-order valence-corrected chi connectivity index (χ3v) is 5.07. The Morgan fingerprint density at radius 1 is 1.00 bits per heavy atom. The van der Waals surface area contributed by atoms with Crippen LogP contribution in [0.4, 0.5) is 0 Å². The maximum absolute atomic E-state index is 12.1. The van der Waals surface area contributed by atoms with Crippen LogP contribution in [0.25, 0.3) is 0 Å². The summed E-state index contributed by atoms with van der Waals surface area (Å²) >= 11 is 0. The number of carbonyl (C=O) groups is 1. The van der Waals surface area contributed by atoms with Crippen molar-refractivity contribution in [1.82, 2.24) is 4.90 Å². The molecule has 0 saturated heterocycles. The molecule has 1 aliphatic rings. The van der Waals surface area contributed by atoms with Crippen LogP contribution in [-0.2, 0) is 17.8 Å². The van der Waals surface area contributed by atoms with Crippen LogP contribution in [-0.4, -0.2) is 30.9 Å². The van der Waals surface area contributed by atoms with Gasteiger partial charge in [0.15, 0.2) is 5.78 Å². The normalized spacial score (nSPS) is 15.2. The molecule has 3 nitrogen and oxygen atoms in total. The van der Waals surface area contributed by atoms with Crippen molar-refractivity contribution in [2.75, 3.05) is 20.2 Å². The molecule has 0 atom stereocenters. The average molecular weight is 349 g/mol. The largest absolute Gasteiger partial charge is 0.497 e. The summed E-state index contributed by atoms with van der Waals surface area (Å²) in [6, 6.07) is 18.8. The van der Waals surface area contributed by atoms with Gasteiger partial charge in [-0.15, -0.1) is 0 Å². The molecule has 136 valence electrons. The quantitative estimate of drug-likeness (QED) is 0.741. The van der Waals surface area contributed by atoms with E-state index in [9.17, 15) is 4.79 Å². The predicted octanol–water partition coefficient (Wildman–Crippen LogP) is 4.42. The molecule has 2 aromatic rings. The smallest absolute Gasteiger partial charge is 0.155 e. The van der Waals surface area contributed by atoms with Gasteiger partial charge in [0, 0.05) is 19.6 Å². The molecular formula is C23H27NO2. The Balaban J connectivity index is 1.67. The number of methoxy groups -OCH3 is 1. The monoisotopic (exact) mass is 349 g/mol. The minimum absolute atomic E-state index is 0.231. The molecule has 3 rings (SSSR count). The number of ketones is 1. The highest BCUT2D eigenvalue weighted by Gasteiger charge is 2.21. The molecular weight excluding hydrogens is 322 g/mol. The van der Waals surface area contributed by atoms with Gasteiger partial charge in [0.2, 0.25) is 0 Å². The lowest BCUT2D eigenvalue weighted by molar-refractivity contribution is -0.114. The molecule has 2 aromatic carbocycles. The summed E-state index contributed by atoms with van der Waals surface area (Å²) in [5.41, 5.74) is 4.95.